The standard InChI is InChI=1S/C28H43N/c1-6-11-19-28(10-5,18-7-2)22-29-27-15-13-12-14-26(27)21-23-16-17-24(8-3)25(9-4)20-23/h6,8,10,16-17,20,26-27,29H,1,3,5,7,9,11-15,18-19,21-22H2,2,4H3. The van der Waals surface area contributed by atoms with Crippen molar-refractivity contribution in [2.45, 2.75) is 84.1 Å². The molecule has 3 atom stereocenters. The van der Waals surface area contributed by atoms with Crippen LogP contribution in [0.2, 0.25) is 0 Å². The maximum atomic E-state index is 4.21. The molecule has 0 heterocycles. The lowest BCUT2D eigenvalue weighted by Gasteiger charge is -2.37. The van der Waals surface area contributed by atoms with Gasteiger partial charge in [-0.25, -0.2) is 0 Å². The Bertz CT molecular complexity index is 658. The van der Waals surface area contributed by atoms with E-state index in [2.05, 4.69) is 69.3 Å². The minimum Gasteiger partial charge on any atom is -0.313 e. The van der Waals surface area contributed by atoms with Crippen molar-refractivity contribution in [3.63, 3.8) is 0 Å². The van der Waals surface area contributed by atoms with Crippen molar-refractivity contribution in [1.29, 1.82) is 0 Å². The summed E-state index contributed by atoms with van der Waals surface area (Å²) in [4.78, 5) is 0. The minimum absolute atomic E-state index is 0.200. The topological polar surface area (TPSA) is 12.0 Å². The van der Waals surface area contributed by atoms with Crippen LogP contribution >= 0.6 is 0 Å². The predicted molar refractivity (Wildman–Crippen MR) is 130 cm³/mol. The largest absolute Gasteiger partial charge is 0.313 e. The van der Waals surface area contributed by atoms with Crippen LogP contribution in [-0.2, 0) is 12.8 Å². The molecule has 1 aromatic rings. The Balaban J connectivity index is 2.07. The van der Waals surface area contributed by atoms with Crippen molar-refractivity contribution in [2.24, 2.45) is 11.3 Å². The summed E-state index contributed by atoms with van der Waals surface area (Å²) < 4.78 is 0. The zero-order valence-electron chi connectivity index (χ0n) is 19.0. The number of hydrogen-bond acceptors (Lipinski definition) is 1. The Hall–Kier alpha value is -1.60. The lowest BCUT2D eigenvalue weighted by Crippen LogP contribution is -2.44. The smallest absolute Gasteiger partial charge is 0.00988 e. The molecule has 0 spiro atoms. The number of hydrogen-bond donors (Lipinski definition) is 1. The Kier molecular flexibility index (Phi) is 9.94. The summed E-state index contributed by atoms with van der Waals surface area (Å²) in [5.41, 5.74) is 4.40. The fraction of sp³-hybridized carbons (Fsp3) is 0.571. The highest BCUT2D eigenvalue weighted by molar-refractivity contribution is 5.53. The molecular weight excluding hydrogens is 350 g/mol. The number of aryl methyl sites for hydroxylation is 1. The summed E-state index contributed by atoms with van der Waals surface area (Å²) in [5.74, 6) is 0.728. The van der Waals surface area contributed by atoms with Crippen molar-refractivity contribution >= 4 is 6.08 Å². The summed E-state index contributed by atoms with van der Waals surface area (Å²) in [6.45, 7) is 17.7. The van der Waals surface area contributed by atoms with Crippen LogP contribution in [0.1, 0.15) is 81.9 Å². The molecule has 1 aliphatic rings. The zero-order valence-corrected chi connectivity index (χ0v) is 19.0. The third kappa shape index (κ3) is 6.71. The molecule has 0 saturated heterocycles. The number of nitrogens with one attached hydrogen (secondary N) is 1. The molecule has 1 aliphatic carbocycles. The monoisotopic (exact) mass is 393 g/mol. The fourth-order valence-corrected chi connectivity index (χ4v) is 5.11. The van der Waals surface area contributed by atoms with Crippen LogP contribution in [0.3, 0.4) is 0 Å². The van der Waals surface area contributed by atoms with Crippen LogP contribution in [0, 0.1) is 11.3 Å². The van der Waals surface area contributed by atoms with Gasteiger partial charge in [-0.2, -0.15) is 0 Å². The normalized spacial score (nSPS) is 21.3. The Morgan fingerprint density at radius 1 is 1.10 bits per heavy atom. The maximum absolute atomic E-state index is 4.21. The molecule has 1 aromatic carbocycles. The molecule has 160 valence electrons. The first-order chi connectivity index (χ1) is 14.1. The number of rotatable bonds is 13. The molecule has 1 fully saturated rings. The van der Waals surface area contributed by atoms with Crippen molar-refractivity contribution in [3.05, 3.63) is 66.8 Å². The molecule has 29 heavy (non-hydrogen) atoms. The summed E-state index contributed by atoms with van der Waals surface area (Å²) in [7, 11) is 0. The average Bonchev–Trinajstić information content (AvgIpc) is 2.76. The maximum Gasteiger partial charge on any atom is 0.00988 e. The second-order valence-electron chi connectivity index (χ2n) is 8.97. The van der Waals surface area contributed by atoms with Crippen molar-refractivity contribution in [3.8, 4) is 0 Å². The van der Waals surface area contributed by atoms with Gasteiger partial charge in [0.1, 0.15) is 0 Å². The Labute approximate surface area is 180 Å². The second-order valence-corrected chi connectivity index (χ2v) is 8.97. The molecule has 0 amide bonds. The molecule has 1 heteroatoms. The lowest BCUT2D eigenvalue weighted by atomic mass is 9.77. The Morgan fingerprint density at radius 3 is 2.55 bits per heavy atom. The first-order valence-corrected chi connectivity index (χ1v) is 11.8. The van der Waals surface area contributed by atoms with Gasteiger partial charge >= 0.3 is 0 Å². The van der Waals surface area contributed by atoms with E-state index in [1.54, 1.807) is 0 Å². The summed E-state index contributed by atoms with van der Waals surface area (Å²) in [6.07, 6.45) is 18.5. The molecule has 1 saturated carbocycles. The SMILES string of the molecule is C=CCCC(C=C)(CCC)CNC1CCCCC1Cc1ccc(C=C)c(CC)c1. The van der Waals surface area contributed by atoms with Gasteiger partial charge in [0.05, 0.1) is 0 Å². The summed E-state index contributed by atoms with van der Waals surface area (Å²) in [5, 5.41) is 4.01. The van der Waals surface area contributed by atoms with Crippen molar-refractivity contribution < 1.29 is 0 Å². The van der Waals surface area contributed by atoms with Gasteiger partial charge < -0.3 is 5.32 Å². The molecule has 3 unspecified atom stereocenters. The lowest BCUT2D eigenvalue weighted by molar-refractivity contribution is 0.219. The zero-order chi connectivity index (χ0) is 21.1. The van der Waals surface area contributed by atoms with Crippen molar-refractivity contribution in [1.82, 2.24) is 5.32 Å². The van der Waals surface area contributed by atoms with Gasteiger partial charge in [-0.1, -0.05) is 76.1 Å². The van der Waals surface area contributed by atoms with Gasteiger partial charge in [-0.05, 0) is 67.6 Å². The quantitative estimate of drug-likeness (QED) is 0.342. The average molecular weight is 394 g/mol. The van der Waals surface area contributed by atoms with Crippen LogP contribution in [-0.4, -0.2) is 12.6 Å². The van der Waals surface area contributed by atoms with Gasteiger partial charge in [-0.3, -0.25) is 0 Å². The van der Waals surface area contributed by atoms with Gasteiger partial charge in [0.15, 0.2) is 0 Å². The van der Waals surface area contributed by atoms with Crippen LogP contribution in [0.5, 0.6) is 0 Å². The van der Waals surface area contributed by atoms with Crippen molar-refractivity contribution in [2.75, 3.05) is 6.54 Å². The highest BCUT2D eigenvalue weighted by Crippen LogP contribution is 2.33. The van der Waals surface area contributed by atoms with E-state index in [1.807, 2.05) is 6.08 Å². The van der Waals surface area contributed by atoms with E-state index < -0.39 is 0 Å². The molecule has 0 radical (unpaired) electrons. The van der Waals surface area contributed by atoms with Gasteiger partial charge in [0, 0.05) is 18.0 Å². The van der Waals surface area contributed by atoms with Crippen LogP contribution < -0.4 is 5.32 Å². The fourth-order valence-electron chi connectivity index (χ4n) is 5.11. The van der Waals surface area contributed by atoms with Crippen LogP contribution in [0.4, 0.5) is 0 Å². The van der Waals surface area contributed by atoms with E-state index in [9.17, 15) is 0 Å². The third-order valence-electron chi connectivity index (χ3n) is 6.96. The van der Waals surface area contributed by atoms with E-state index in [-0.39, 0.29) is 5.41 Å². The number of benzene rings is 1. The number of allylic oxidation sites excluding steroid dienone is 1. The van der Waals surface area contributed by atoms with E-state index in [0.717, 1.165) is 31.7 Å². The van der Waals surface area contributed by atoms with E-state index in [0.29, 0.717) is 6.04 Å². The van der Waals surface area contributed by atoms with Gasteiger partial charge in [-0.15, -0.1) is 13.2 Å². The summed E-state index contributed by atoms with van der Waals surface area (Å²) in [6, 6.07) is 7.61. The van der Waals surface area contributed by atoms with Gasteiger partial charge in [0.25, 0.3) is 0 Å². The highest BCUT2D eigenvalue weighted by Gasteiger charge is 2.30. The summed E-state index contributed by atoms with van der Waals surface area (Å²) >= 11 is 0. The molecule has 2 rings (SSSR count). The second kappa shape index (κ2) is 12.2. The third-order valence-corrected chi connectivity index (χ3v) is 6.96. The van der Waals surface area contributed by atoms with E-state index in [1.165, 1.54) is 61.6 Å². The molecule has 1 N–H and O–H groups in total. The molecule has 0 aliphatic heterocycles. The highest BCUT2D eigenvalue weighted by atomic mass is 14.9. The van der Waals surface area contributed by atoms with E-state index in [4.69, 9.17) is 0 Å². The molecule has 0 aromatic heterocycles. The van der Waals surface area contributed by atoms with Gasteiger partial charge in [0.2, 0.25) is 0 Å². The molecule has 0 bridgehead atoms. The first kappa shape index (κ1) is 23.7. The van der Waals surface area contributed by atoms with E-state index >= 15 is 0 Å². The molecule has 1 nitrogen and oxygen atoms in total. The molecular formula is C28H43N. The van der Waals surface area contributed by atoms with Crippen LogP contribution in [0.15, 0.2) is 50.1 Å². The first-order valence-electron chi connectivity index (χ1n) is 11.8. The predicted octanol–water partition coefficient (Wildman–Crippen LogP) is 7.52. The van der Waals surface area contributed by atoms with Crippen LogP contribution in [0.25, 0.3) is 6.08 Å². The minimum atomic E-state index is 0.200. The Morgan fingerprint density at radius 2 is 1.90 bits per heavy atom.